The Labute approximate surface area is 130 Å². The Hall–Kier alpha value is 0.140. The lowest BCUT2D eigenvalue weighted by molar-refractivity contribution is 0.151. The monoisotopic (exact) mass is 343 g/mol. The van der Waals surface area contributed by atoms with Crippen molar-refractivity contribution in [2.75, 3.05) is 6.54 Å². The molecular weight excluding hydrogens is 318 g/mol. The summed E-state index contributed by atoms with van der Waals surface area (Å²) in [7, 11) is 0. The molecule has 2 N–H and O–H groups in total. The minimum absolute atomic E-state index is 0.382. The molecule has 0 spiro atoms. The highest BCUT2D eigenvalue weighted by Gasteiger charge is 2.34. The van der Waals surface area contributed by atoms with Crippen molar-refractivity contribution in [2.45, 2.75) is 58.3 Å². The molecule has 1 aromatic rings. The Morgan fingerprint density at radius 2 is 2.16 bits per heavy atom. The number of hydrogen-bond donors (Lipinski definition) is 1. The highest BCUT2D eigenvalue weighted by atomic mass is 79.9. The second-order valence-electron chi connectivity index (χ2n) is 6.20. The molecule has 0 aliphatic heterocycles. The van der Waals surface area contributed by atoms with Gasteiger partial charge in [-0.1, -0.05) is 26.2 Å². The molecule has 0 amide bonds. The zero-order chi connectivity index (χ0) is 13.7. The molecule has 1 fully saturated rings. The van der Waals surface area contributed by atoms with Gasteiger partial charge >= 0.3 is 0 Å². The van der Waals surface area contributed by atoms with E-state index in [-0.39, 0.29) is 0 Å². The van der Waals surface area contributed by atoms with Gasteiger partial charge in [-0.25, -0.2) is 0 Å². The molecule has 1 aromatic heterocycles. The predicted octanol–water partition coefficient (Wildman–Crippen LogP) is 5.38. The van der Waals surface area contributed by atoms with Crippen molar-refractivity contribution in [3.05, 3.63) is 20.8 Å². The summed E-state index contributed by atoms with van der Waals surface area (Å²) >= 11 is 5.42. The first-order valence-electron chi connectivity index (χ1n) is 7.60. The molecule has 1 saturated carbocycles. The maximum atomic E-state index is 6.13. The Kier molecular flexibility index (Phi) is 5.91. The summed E-state index contributed by atoms with van der Waals surface area (Å²) in [6, 6.07) is 2.27. The molecule has 1 aliphatic rings. The van der Waals surface area contributed by atoms with Crippen molar-refractivity contribution in [2.24, 2.45) is 17.1 Å². The smallest absolute Gasteiger partial charge is 0.0285 e. The van der Waals surface area contributed by atoms with Crippen molar-refractivity contribution in [3.8, 4) is 0 Å². The highest BCUT2D eigenvalue weighted by Crippen LogP contribution is 2.43. The third-order valence-electron chi connectivity index (χ3n) is 4.74. The topological polar surface area (TPSA) is 26.0 Å². The molecule has 1 heterocycles. The fraction of sp³-hybridized carbons (Fsp3) is 0.750. The summed E-state index contributed by atoms with van der Waals surface area (Å²) < 4.78 is 1.22. The molecule has 0 radical (unpaired) electrons. The van der Waals surface area contributed by atoms with Gasteiger partial charge in [0.25, 0.3) is 0 Å². The van der Waals surface area contributed by atoms with Crippen LogP contribution in [0.3, 0.4) is 0 Å². The lowest BCUT2D eigenvalue weighted by Gasteiger charge is -2.39. The van der Waals surface area contributed by atoms with Crippen LogP contribution in [-0.2, 0) is 6.42 Å². The average molecular weight is 344 g/mol. The molecular formula is C16H26BrNS. The highest BCUT2D eigenvalue weighted by molar-refractivity contribution is 9.10. The molecule has 0 bridgehead atoms. The van der Waals surface area contributed by atoms with Gasteiger partial charge in [0.05, 0.1) is 0 Å². The average Bonchev–Trinajstić information content (AvgIpc) is 2.83. The fourth-order valence-electron chi connectivity index (χ4n) is 3.34. The van der Waals surface area contributed by atoms with E-state index in [0.29, 0.717) is 5.41 Å². The fourth-order valence-corrected chi connectivity index (χ4v) is 4.97. The normalized spacial score (nSPS) is 27.6. The van der Waals surface area contributed by atoms with Crippen LogP contribution in [-0.4, -0.2) is 6.54 Å². The van der Waals surface area contributed by atoms with Gasteiger partial charge in [0, 0.05) is 14.7 Å². The number of nitrogens with two attached hydrogens (primary N) is 1. The third kappa shape index (κ3) is 4.30. The minimum Gasteiger partial charge on any atom is -0.330 e. The molecule has 1 aliphatic carbocycles. The Balaban J connectivity index is 1.90. The summed E-state index contributed by atoms with van der Waals surface area (Å²) in [5.74, 6) is 0.967. The number of thiophene rings is 1. The molecule has 108 valence electrons. The van der Waals surface area contributed by atoms with Crippen molar-refractivity contribution in [3.63, 3.8) is 0 Å². The van der Waals surface area contributed by atoms with Crippen LogP contribution in [0.4, 0.5) is 0 Å². The van der Waals surface area contributed by atoms with E-state index in [0.717, 1.165) is 12.5 Å². The maximum absolute atomic E-state index is 6.13. The maximum Gasteiger partial charge on any atom is 0.0285 e. The van der Waals surface area contributed by atoms with Crippen LogP contribution >= 0.6 is 27.3 Å². The van der Waals surface area contributed by atoms with Crippen molar-refractivity contribution in [1.29, 1.82) is 0 Å². The van der Waals surface area contributed by atoms with Gasteiger partial charge in [0.15, 0.2) is 0 Å². The number of unbranched alkanes of at least 4 members (excludes halogenated alkanes) is 1. The van der Waals surface area contributed by atoms with Crippen LogP contribution in [0.5, 0.6) is 0 Å². The van der Waals surface area contributed by atoms with Crippen LogP contribution in [0, 0.1) is 11.3 Å². The van der Waals surface area contributed by atoms with Gasteiger partial charge in [0.1, 0.15) is 0 Å². The molecule has 19 heavy (non-hydrogen) atoms. The molecule has 0 aromatic carbocycles. The van der Waals surface area contributed by atoms with Gasteiger partial charge in [0.2, 0.25) is 0 Å². The van der Waals surface area contributed by atoms with Crippen LogP contribution in [0.15, 0.2) is 15.9 Å². The second kappa shape index (κ2) is 7.24. The number of rotatable bonds is 6. The molecule has 0 unspecified atom stereocenters. The lowest BCUT2D eigenvalue weighted by atomic mass is 9.67. The van der Waals surface area contributed by atoms with Crippen molar-refractivity contribution < 1.29 is 0 Å². The van der Waals surface area contributed by atoms with Gasteiger partial charge in [-0.3, -0.25) is 0 Å². The van der Waals surface area contributed by atoms with Crippen LogP contribution in [0.25, 0.3) is 0 Å². The lowest BCUT2D eigenvalue weighted by Crippen LogP contribution is -2.36. The standard InChI is InChI=1S/C16H26BrNS/c1-2-3-4-13-5-7-16(12-18,8-6-13)10-15-9-14(17)11-19-15/h9,11,13H,2-8,10,12,18H2,1H3. The predicted molar refractivity (Wildman–Crippen MR) is 88.7 cm³/mol. The molecule has 2 rings (SSSR count). The van der Waals surface area contributed by atoms with E-state index in [1.807, 2.05) is 11.3 Å². The molecule has 0 atom stereocenters. The Morgan fingerprint density at radius 3 is 2.68 bits per heavy atom. The minimum atomic E-state index is 0.382. The van der Waals surface area contributed by atoms with E-state index in [2.05, 4.69) is 34.3 Å². The van der Waals surface area contributed by atoms with Gasteiger partial charge in [-0.2, -0.15) is 0 Å². The van der Waals surface area contributed by atoms with Gasteiger partial charge in [-0.15, -0.1) is 11.3 Å². The number of halogens is 1. The quantitative estimate of drug-likeness (QED) is 0.737. The van der Waals surface area contributed by atoms with Crippen molar-refractivity contribution >= 4 is 27.3 Å². The Morgan fingerprint density at radius 1 is 1.42 bits per heavy atom. The van der Waals surface area contributed by atoms with E-state index >= 15 is 0 Å². The van der Waals surface area contributed by atoms with Crippen molar-refractivity contribution in [1.82, 2.24) is 0 Å². The Bertz CT molecular complexity index is 380. The molecule has 1 nitrogen and oxygen atoms in total. The van der Waals surface area contributed by atoms with Crippen LogP contribution in [0.2, 0.25) is 0 Å². The second-order valence-corrected chi connectivity index (χ2v) is 8.11. The molecule has 3 heteroatoms. The van der Waals surface area contributed by atoms with Crippen LogP contribution < -0.4 is 5.73 Å². The third-order valence-corrected chi connectivity index (χ3v) is 6.43. The summed E-state index contributed by atoms with van der Waals surface area (Å²) in [5.41, 5.74) is 6.51. The van der Waals surface area contributed by atoms with Gasteiger partial charge < -0.3 is 5.73 Å². The summed E-state index contributed by atoms with van der Waals surface area (Å²) in [6.45, 7) is 3.14. The van der Waals surface area contributed by atoms with E-state index in [9.17, 15) is 0 Å². The van der Waals surface area contributed by atoms with Crippen LogP contribution in [0.1, 0.15) is 56.7 Å². The zero-order valence-corrected chi connectivity index (χ0v) is 14.4. The summed E-state index contributed by atoms with van der Waals surface area (Å²) in [5, 5.41) is 2.19. The summed E-state index contributed by atoms with van der Waals surface area (Å²) in [6.07, 6.45) is 10.8. The zero-order valence-electron chi connectivity index (χ0n) is 12.0. The van der Waals surface area contributed by atoms with E-state index < -0.39 is 0 Å². The van der Waals surface area contributed by atoms with Gasteiger partial charge in [-0.05, 0) is 72.0 Å². The first-order valence-corrected chi connectivity index (χ1v) is 9.28. The number of hydrogen-bond acceptors (Lipinski definition) is 2. The van der Waals surface area contributed by atoms with E-state index in [1.54, 1.807) is 0 Å². The summed E-state index contributed by atoms with van der Waals surface area (Å²) in [4.78, 5) is 1.49. The largest absolute Gasteiger partial charge is 0.330 e. The first kappa shape index (κ1) is 15.5. The van der Waals surface area contributed by atoms with E-state index in [4.69, 9.17) is 5.73 Å². The van der Waals surface area contributed by atoms with E-state index in [1.165, 1.54) is 60.7 Å². The first-order chi connectivity index (χ1) is 9.17. The SMILES string of the molecule is CCCCC1CCC(CN)(Cc2cc(Br)cs2)CC1. The molecule has 0 saturated heterocycles.